The molecule has 26 heavy (non-hydrogen) atoms. The normalized spacial score (nSPS) is 10.9. The van der Waals surface area contributed by atoms with Gasteiger partial charge < -0.3 is 4.74 Å². The Morgan fingerprint density at radius 1 is 1.00 bits per heavy atom. The Hall–Kier alpha value is -3.61. The number of rotatable bonds is 7. The van der Waals surface area contributed by atoms with E-state index in [1.807, 2.05) is 0 Å². The molecule has 0 fully saturated rings. The molecule has 132 valence electrons. The predicted molar refractivity (Wildman–Crippen MR) is 92.9 cm³/mol. The predicted octanol–water partition coefficient (Wildman–Crippen LogP) is 3.15. The third-order valence-corrected chi connectivity index (χ3v) is 3.41. The second-order valence-electron chi connectivity index (χ2n) is 5.14. The summed E-state index contributed by atoms with van der Waals surface area (Å²) in [5.41, 5.74) is -0.223. The van der Waals surface area contributed by atoms with Crippen LogP contribution in [0.3, 0.4) is 0 Å². The van der Waals surface area contributed by atoms with Crippen molar-refractivity contribution in [2.45, 2.75) is 6.92 Å². The van der Waals surface area contributed by atoms with Crippen LogP contribution in [-0.4, -0.2) is 29.1 Å². The summed E-state index contributed by atoms with van der Waals surface area (Å²) >= 11 is 0. The molecule has 7 heteroatoms. The van der Waals surface area contributed by atoms with Gasteiger partial charge in [0.05, 0.1) is 11.5 Å². The number of esters is 1. The number of hydrogen-bond donors (Lipinski definition) is 0. The van der Waals surface area contributed by atoms with Crippen molar-refractivity contribution in [2.75, 3.05) is 6.61 Å². The van der Waals surface area contributed by atoms with Gasteiger partial charge in [-0.05, 0) is 19.1 Å². The lowest BCUT2D eigenvalue weighted by atomic mass is 10.0. The van der Waals surface area contributed by atoms with E-state index in [1.54, 1.807) is 25.1 Å². The molecule has 0 atom stereocenters. The molecule has 2 aromatic carbocycles. The van der Waals surface area contributed by atoms with E-state index in [0.29, 0.717) is 0 Å². The van der Waals surface area contributed by atoms with Crippen LogP contribution >= 0.6 is 0 Å². The number of nitro groups is 1. The van der Waals surface area contributed by atoms with Crippen LogP contribution in [0.1, 0.15) is 27.6 Å². The monoisotopic (exact) mass is 353 g/mol. The van der Waals surface area contributed by atoms with Gasteiger partial charge in [-0.2, -0.15) is 0 Å². The molecule has 0 bridgehead atoms. The van der Waals surface area contributed by atoms with Crippen LogP contribution in [0.15, 0.2) is 66.2 Å². The number of hydrogen-bond acceptors (Lipinski definition) is 6. The molecule has 0 radical (unpaired) electrons. The second-order valence-corrected chi connectivity index (χ2v) is 5.14. The molecule has 0 amide bonds. The van der Waals surface area contributed by atoms with Crippen molar-refractivity contribution in [1.82, 2.24) is 0 Å². The number of allylic oxidation sites excluding steroid dienone is 1. The summed E-state index contributed by atoms with van der Waals surface area (Å²) in [5.74, 6) is -2.18. The van der Waals surface area contributed by atoms with E-state index in [4.69, 9.17) is 4.74 Å². The summed E-state index contributed by atoms with van der Waals surface area (Å²) in [6.45, 7) is 1.63. The van der Waals surface area contributed by atoms with E-state index in [0.717, 1.165) is 6.08 Å². The van der Waals surface area contributed by atoms with Gasteiger partial charge in [0.1, 0.15) is 5.57 Å². The molecule has 0 spiro atoms. The van der Waals surface area contributed by atoms with Gasteiger partial charge in [-0.25, -0.2) is 4.79 Å². The molecular formula is C19H15NO6. The van der Waals surface area contributed by atoms with E-state index in [-0.39, 0.29) is 23.4 Å². The highest BCUT2D eigenvalue weighted by Gasteiger charge is 2.23. The van der Waals surface area contributed by atoms with Gasteiger partial charge in [0.15, 0.2) is 11.6 Å². The molecule has 0 saturated heterocycles. The van der Waals surface area contributed by atoms with Crippen molar-refractivity contribution in [3.05, 3.63) is 87.5 Å². The lowest BCUT2D eigenvalue weighted by Gasteiger charge is -2.06. The molecule has 0 aliphatic carbocycles. The topological polar surface area (TPSA) is 104 Å². The largest absolute Gasteiger partial charge is 0.462 e. The quantitative estimate of drug-likeness (QED) is 0.144. The molecule has 0 aromatic heterocycles. The van der Waals surface area contributed by atoms with Gasteiger partial charge in [0, 0.05) is 29.3 Å². The summed E-state index contributed by atoms with van der Waals surface area (Å²) in [4.78, 5) is 47.1. The van der Waals surface area contributed by atoms with Crippen molar-refractivity contribution in [3.63, 3.8) is 0 Å². The fraction of sp³-hybridized carbons (Fsp3) is 0.105. The number of nitro benzene ring substituents is 1. The number of Topliss-reactive ketones (excluding diaryl/α,β-unsaturated/α-hetero) is 1. The Morgan fingerprint density at radius 3 is 2.15 bits per heavy atom. The van der Waals surface area contributed by atoms with Crippen LogP contribution < -0.4 is 0 Å². The molecule has 0 unspecified atom stereocenters. The number of nitrogens with zero attached hydrogens (tertiary/aromatic N) is 1. The standard InChI is InChI=1S/C19H15NO6/c1-2-26-19(23)16(18(22)14-6-4-3-5-7-14)12-17(21)13-8-10-15(11-9-13)20(24)25/h3-12H,2H2,1H3/b16-12+. The highest BCUT2D eigenvalue weighted by molar-refractivity contribution is 6.27. The Kier molecular flexibility index (Phi) is 6.10. The molecular weight excluding hydrogens is 338 g/mol. The van der Waals surface area contributed by atoms with Gasteiger partial charge in [0.2, 0.25) is 0 Å². The molecule has 0 N–H and O–H groups in total. The van der Waals surface area contributed by atoms with Crippen molar-refractivity contribution in [1.29, 1.82) is 0 Å². The summed E-state index contributed by atoms with van der Waals surface area (Å²) < 4.78 is 4.86. The van der Waals surface area contributed by atoms with E-state index in [2.05, 4.69) is 0 Å². The molecule has 0 aliphatic rings. The number of carbonyl (C=O) groups is 3. The average molecular weight is 353 g/mol. The van der Waals surface area contributed by atoms with Crippen molar-refractivity contribution in [2.24, 2.45) is 0 Å². The van der Waals surface area contributed by atoms with Gasteiger partial charge in [0.25, 0.3) is 5.69 Å². The Bertz CT molecular complexity index is 869. The first kappa shape index (κ1) is 18.7. The van der Waals surface area contributed by atoms with Crippen LogP contribution in [0, 0.1) is 10.1 Å². The highest BCUT2D eigenvalue weighted by Crippen LogP contribution is 2.15. The fourth-order valence-corrected chi connectivity index (χ4v) is 2.13. The molecule has 7 nitrogen and oxygen atoms in total. The third kappa shape index (κ3) is 4.47. The number of non-ortho nitro benzene ring substituents is 1. The maximum atomic E-state index is 12.6. The lowest BCUT2D eigenvalue weighted by Crippen LogP contribution is -2.18. The molecule has 0 heterocycles. The minimum atomic E-state index is -0.906. The Labute approximate surface area is 149 Å². The molecule has 2 rings (SSSR count). The minimum Gasteiger partial charge on any atom is -0.462 e. The fourth-order valence-electron chi connectivity index (χ4n) is 2.13. The van der Waals surface area contributed by atoms with E-state index in [1.165, 1.54) is 36.4 Å². The second kappa shape index (κ2) is 8.48. The van der Waals surface area contributed by atoms with E-state index in [9.17, 15) is 24.5 Å². The van der Waals surface area contributed by atoms with E-state index < -0.39 is 28.0 Å². The Balaban J connectivity index is 2.37. The summed E-state index contributed by atoms with van der Waals surface area (Å²) in [5, 5.41) is 10.7. The van der Waals surface area contributed by atoms with Crippen LogP contribution in [0.5, 0.6) is 0 Å². The number of ketones is 2. The summed E-state index contributed by atoms with van der Waals surface area (Å²) in [6.07, 6.45) is 0.897. The van der Waals surface area contributed by atoms with Crippen molar-refractivity contribution in [3.8, 4) is 0 Å². The first-order chi connectivity index (χ1) is 12.4. The van der Waals surface area contributed by atoms with E-state index >= 15 is 0 Å². The minimum absolute atomic E-state index is 0.0456. The smallest absolute Gasteiger partial charge is 0.342 e. The highest BCUT2D eigenvalue weighted by atomic mass is 16.6. The molecule has 0 aliphatic heterocycles. The third-order valence-electron chi connectivity index (χ3n) is 3.41. The zero-order valence-corrected chi connectivity index (χ0v) is 13.9. The Morgan fingerprint density at radius 2 is 1.62 bits per heavy atom. The van der Waals surface area contributed by atoms with Gasteiger partial charge in [-0.15, -0.1) is 0 Å². The average Bonchev–Trinajstić information content (AvgIpc) is 2.66. The lowest BCUT2D eigenvalue weighted by molar-refractivity contribution is -0.384. The number of ether oxygens (including phenoxy) is 1. The zero-order chi connectivity index (χ0) is 19.1. The number of benzene rings is 2. The van der Waals surface area contributed by atoms with Crippen molar-refractivity contribution >= 4 is 23.2 Å². The SMILES string of the molecule is CCOC(=O)/C(=C/C(=O)c1ccc([N+](=O)[O-])cc1)C(=O)c1ccccc1. The summed E-state index contributed by atoms with van der Waals surface area (Å²) in [6, 6.07) is 12.9. The van der Waals surface area contributed by atoms with Crippen LogP contribution in [0.2, 0.25) is 0 Å². The van der Waals surface area contributed by atoms with Crippen molar-refractivity contribution < 1.29 is 24.0 Å². The van der Waals surface area contributed by atoms with Crippen LogP contribution in [0.4, 0.5) is 5.69 Å². The van der Waals surface area contributed by atoms with Gasteiger partial charge in [-0.1, -0.05) is 30.3 Å². The zero-order valence-electron chi connectivity index (χ0n) is 13.9. The maximum Gasteiger partial charge on any atom is 0.342 e. The van der Waals surface area contributed by atoms with Gasteiger partial charge in [-0.3, -0.25) is 19.7 Å². The summed E-state index contributed by atoms with van der Waals surface area (Å²) in [7, 11) is 0. The van der Waals surface area contributed by atoms with Crippen LogP contribution in [-0.2, 0) is 9.53 Å². The first-order valence-electron chi connectivity index (χ1n) is 7.71. The van der Waals surface area contributed by atoms with Gasteiger partial charge >= 0.3 is 5.97 Å². The van der Waals surface area contributed by atoms with Crippen LogP contribution in [0.25, 0.3) is 0 Å². The molecule has 0 saturated carbocycles. The molecule has 2 aromatic rings. The first-order valence-corrected chi connectivity index (χ1v) is 7.71. The maximum absolute atomic E-state index is 12.6. The number of carbonyl (C=O) groups excluding carboxylic acids is 3.